The minimum Gasteiger partial charge on any atom is -0.507 e. The van der Waals surface area contributed by atoms with E-state index >= 15 is 0 Å². The standard InChI is InChI=1S/C19H22N2O4/c1-3-13-9-10-16(22)15(11-13)19(24)21-20-18(23)12-25-17-8-6-5-7-14(17)4-2/h5-11,22H,3-4,12H2,1-2H3,(H,20,23)(H,21,24). The maximum absolute atomic E-state index is 12.1. The number of carbonyl (C=O) groups is 2. The second kappa shape index (κ2) is 8.73. The number of aryl methyl sites for hydroxylation is 2. The molecular weight excluding hydrogens is 320 g/mol. The number of hydrogen-bond donors (Lipinski definition) is 3. The van der Waals surface area contributed by atoms with E-state index < -0.39 is 11.8 Å². The molecule has 3 N–H and O–H groups in total. The minimum absolute atomic E-state index is 0.108. The van der Waals surface area contributed by atoms with Gasteiger partial charge in [0.1, 0.15) is 11.5 Å². The van der Waals surface area contributed by atoms with Crippen molar-refractivity contribution in [3.05, 3.63) is 59.2 Å². The molecule has 0 aliphatic carbocycles. The fourth-order valence-corrected chi connectivity index (χ4v) is 2.29. The number of nitrogens with one attached hydrogen (secondary N) is 2. The summed E-state index contributed by atoms with van der Waals surface area (Å²) in [5.41, 5.74) is 6.58. The maximum Gasteiger partial charge on any atom is 0.276 e. The quantitative estimate of drug-likeness (QED) is 0.703. The summed E-state index contributed by atoms with van der Waals surface area (Å²) in [7, 11) is 0. The van der Waals surface area contributed by atoms with Crippen LogP contribution < -0.4 is 15.6 Å². The summed E-state index contributed by atoms with van der Waals surface area (Å²) in [6.45, 7) is 3.72. The highest BCUT2D eigenvalue weighted by Gasteiger charge is 2.13. The molecule has 0 spiro atoms. The number of para-hydroxylation sites is 1. The predicted octanol–water partition coefficient (Wildman–Crippen LogP) is 2.36. The second-order valence-corrected chi connectivity index (χ2v) is 5.46. The van der Waals surface area contributed by atoms with Crippen LogP contribution in [0.15, 0.2) is 42.5 Å². The molecular formula is C19H22N2O4. The normalized spacial score (nSPS) is 10.2. The van der Waals surface area contributed by atoms with E-state index in [1.54, 1.807) is 18.2 Å². The van der Waals surface area contributed by atoms with E-state index in [4.69, 9.17) is 4.74 Å². The Morgan fingerprint density at radius 1 is 1.04 bits per heavy atom. The third kappa shape index (κ3) is 4.97. The van der Waals surface area contributed by atoms with Gasteiger partial charge >= 0.3 is 0 Å². The number of carbonyl (C=O) groups excluding carboxylic acids is 2. The zero-order valence-corrected chi connectivity index (χ0v) is 14.3. The van der Waals surface area contributed by atoms with Crippen LogP contribution in [0, 0.1) is 0 Å². The largest absolute Gasteiger partial charge is 0.507 e. The first kappa shape index (κ1) is 18.3. The summed E-state index contributed by atoms with van der Waals surface area (Å²) in [5.74, 6) is -0.586. The van der Waals surface area contributed by atoms with Crippen molar-refractivity contribution in [2.45, 2.75) is 26.7 Å². The lowest BCUT2D eigenvalue weighted by molar-refractivity contribution is -0.123. The average molecular weight is 342 g/mol. The Hall–Kier alpha value is -3.02. The van der Waals surface area contributed by atoms with Crippen LogP contribution in [0.25, 0.3) is 0 Å². The maximum atomic E-state index is 12.1. The van der Waals surface area contributed by atoms with E-state index in [2.05, 4.69) is 10.9 Å². The third-order valence-electron chi connectivity index (χ3n) is 3.74. The van der Waals surface area contributed by atoms with Gasteiger partial charge in [-0.05, 0) is 42.2 Å². The van der Waals surface area contributed by atoms with Crippen molar-refractivity contribution in [2.75, 3.05) is 6.61 Å². The fourth-order valence-electron chi connectivity index (χ4n) is 2.29. The zero-order chi connectivity index (χ0) is 18.2. The SMILES string of the molecule is CCc1ccc(O)c(C(=O)NNC(=O)COc2ccccc2CC)c1. The van der Waals surface area contributed by atoms with Crippen LogP contribution in [-0.2, 0) is 17.6 Å². The van der Waals surface area contributed by atoms with Gasteiger partial charge in [-0.25, -0.2) is 0 Å². The number of phenolic OH excluding ortho intramolecular Hbond substituents is 1. The van der Waals surface area contributed by atoms with Crippen molar-refractivity contribution in [3.63, 3.8) is 0 Å². The number of aromatic hydroxyl groups is 1. The lowest BCUT2D eigenvalue weighted by atomic mass is 10.1. The Morgan fingerprint density at radius 2 is 1.80 bits per heavy atom. The van der Waals surface area contributed by atoms with E-state index in [-0.39, 0.29) is 17.9 Å². The van der Waals surface area contributed by atoms with Gasteiger partial charge in [0.15, 0.2) is 6.61 Å². The molecule has 0 atom stereocenters. The fraction of sp³-hybridized carbons (Fsp3) is 0.263. The number of phenols is 1. The Balaban J connectivity index is 1.88. The van der Waals surface area contributed by atoms with E-state index in [0.29, 0.717) is 5.75 Å². The highest BCUT2D eigenvalue weighted by Crippen LogP contribution is 2.19. The topological polar surface area (TPSA) is 87.7 Å². The first-order valence-corrected chi connectivity index (χ1v) is 8.16. The Morgan fingerprint density at radius 3 is 2.52 bits per heavy atom. The van der Waals surface area contributed by atoms with Crippen LogP contribution in [0.1, 0.15) is 35.3 Å². The monoisotopic (exact) mass is 342 g/mol. The van der Waals surface area contributed by atoms with Gasteiger partial charge in [0.25, 0.3) is 11.8 Å². The second-order valence-electron chi connectivity index (χ2n) is 5.46. The van der Waals surface area contributed by atoms with Gasteiger partial charge in [0, 0.05) is 0 Å². The first-order valence-electron chi connectivity index (χ1n) is 8.16. The van der Waals surface area contributed by atoms with E-state index in [0.717, 1.165) is 24.0 Å². The molecule has 2 amide bonds. The molecule has 2 aromatic rings. The molecule has 0 aromatic heterocycles. The average Bonchev–Trinajstić information content (AvgIpc) is 2.65. The van der Waals surface area contributed by atoms with Crippen LogP contribution in [-0.4, -0.2) is 23.5 Å². The Labute approximate surface area is 146 Å². The smallest absolute Gasteiger partial charge is 0.276 e. The van der Waals surface area contributed by atoms with Crippen molar-refractivity contribution in [1.82, 2.24) is 10.9 Å². The molecule has 0 radical (unpaired) electrons. The minimum atomic E-state index is -0.588. The number of hydrazine groups is 1. The molecule has 0 bridgehead atoms. The summed E-state index contributed by atoms with van der Waals surface area (Å²) >= 11 is 0. The summed E-state index contributed by atoms with van der Waals surface area (Å²) < 4.78 is 5.48. The summed E-state index contributed by atoms with van der Waals surface area (Å²) in [6, 6.07) is 12.2. The van der Waals surface area contributed by atoms with Crippen LogP contribution in [0.4, 0.5) is 0 Å². The first-order chi connectivity index (χ1) is 12.0. The summed E-state index contributed by atoms with van der Waals surface area (Å²) in [4.78, 5) is 23.9. The number of rotatable bonds is 6. The van der Waals surface area contributed by atoms with Gasteiger partial charge in [-0.1, -0.05) is 38.1 Å². The lowest BCUT2D eigenvalue weighted by Crippen LogP contribution is -2.43. The molecule has 2 aromatic carbocycles. The van der Waals surface area contributed by atoms with Gasteiger partial charge in [-0.15, -0.1) is 0 Å². The van der Waals surface area contributed by atoms with Gasteiger partial charge in [-0.2, -0.15) is 0 Å². The molecule has 0 aliphatic heterocycles. The highest BCUT2D eigenvalue weighted by atomic mass is 16.5. The van der Waals surface area contributed by atoms with Crippen molar-refractivity contribution >= 4 is 11.8 Å². The lowest BCUT2D eigenvalue weighted by Gasteiger charge is -2.12. The molecule has 2 rings (SSSR count). The van der Waals surface area contributed by atoms with Gasteiger partial charge in [0.05, 0.1) is 5.56 Å². The molecule has 132 valence electrons. The van der Waals surface area contributed by atoms with Gasteiger partial charge in [-0.3, -0.25) is 20.4 Å². The predicted molar refractivity (Wildman–Crippen MR) is 94.4 cm³/mol. The molecule has 0 saturated heterocycles. The van der Waals surface area contributed by atoms with Crippen molar-refractivity contribution in [3.8, 4) is 11.5 Å². The van der Waals surface area contributed by atoms with E-state index in [1.807, 2.05) is 32.0 Å². The molecule has 0 fully saturated rings. The van der Waals surface area contributed by atoms with Crippen LogP contribution in [0.2, 0.25) is 0 Å². The van der Waals surface area contributed by atoms with E-state index in [1.165, 1.54) is 6.07 Å². The number of ether oxygens (including phenoxy) is 1. The molecule has 6 heteroatoms. The number of hydrogen-bond acceptors (Lipinski definition) is 4. The van der Waals surface area contributed by atoms with Crippen LogP contribution in [0.3, 0.4) is 0 Å². The van der Waals surface area contributed by atoms with Gasteiger partial charge < -0.3 is 9.84 Å². The zero-order valence-electron chi connectivity index (χ0n) is 14.3. The third-order valence-corrected chi connectivity index (χ3v) is 3.74. The summed E-state index contributed by atoms with van der Waals surface area (Å²) in [5, 5.41) is 9.78. The highest BCUT2D eigenvalue weighted by molar-refractivity contribution is 5.98. The Bertz CT molecular complexity index is 759. The van der Waals surface area contributed by atoms with Gasteiger partial charge in [0.2, 0.25) is 0 Å². The van der Waals surface area contributed by atoms with Crippen LogP contribution >= 0.6 is 0 Å². The number of benzene rings is 2. The summed E-state index contributed by atoms with van der Waals surface area (Å²) in [6.07, 6.45) is 1.53. The molecule has 25 heavy (non-hydrogen) atoms. The van der Waals surface area contributed by atoms with Crippen molar-refractivity contribution in [2.24, 2.45) is 0 Å². The molecule has 0 aliphatic rings. The molecule has 0 unspecified atom stereocenters. The van der Waals surface area contributed by atoms with E-state index in [9.17, 15) is 14.7 Å². The van der Waals surface area contributed by atoms with Crippen molar-refractivity contribution in [1.29, 1.82) is 0 Å². The molecule has 6 nitrogen and oxygen atoms in total. The van der Waals surface area contributed by atoms with Crippen molar-refractivity contribution < 1.29 is 19.4 Å². The molecule has 0 heterocycles. The Kier molecular flexibility index (Phi) is 6.39. The number of amides is 2. The van der Waals surface area contributed by atoms with Crippen LogP contribution in [0.5, 0.6) is 11.5 Å². The molecule has 0 saturated carbocycles.